The molecule has 0 aliphatic rings. The van der Waals surface area contributed by atoms with E-state index in [2.05, 4.69) is 42.6 Å². The van der Waals surface area contributed by atoms with E-state index < -0.39 is 0 Å². The van der Waals surface area contributed by atoms with Gasteiger partial charge in [0.25, 0.3) is 0 Å². The number of ether oxygens (including phenoxy) is 1. The molecule has 0 heterocycles. The molecule has 0 aliphatic heterocycles. The van der Waals surface area contributed by atoms with Crippen LogP contribution in [-0.2, 0) is 4.74 Å². The molecule has 20 heavy (non-hydrogen) atoms. The van der Waals surface area contributed by atoms with E-state index >= 15 is 0 Å². The fourth-order valence-electron chi connectivity index (χ4n) is 2.37. The van der Waals surface area contributed by atoms with Crippen LogP contribution in [0.2, 0.25) is 0 Å². The van der Waals surface area contributed by atoms with Crippen molar-refractivity contribution in [3.8, 4) is 0 Å². The van der Waals surface area contributed by atoms with E-state index in [0.29, 0.717) is 12.6 Å². The second-order valence-electron chi connectivity index (χ2n) is 5.31. The number of hydrogen-bond donors (Lipinski definition) is 2. The Morgan fingerprint density at radius 2 is 1.90 bits per heavy atom. The number of methoxy groups -OCH3 is 1. The van der Waals surface area contributed by atoms with Gasteiger partial charge in [-0.25, -0.2) is 0 Å². The lowest BCUT2D eigenvalue weighted by Gasteiger charge is -2.20. The van der Waals surface area contributed by atoms with Crippen LogP contribution < -0.4 is 5.32 Å². The summed E-state index contributed by atoms with van der Waals surface area (Å²) >= 11 is 0. The summed E-state index contributed by atoms with van der Waals surface area (Å²) in [5, 5.41) is 13.3. The molecule has 1 aromatic carbocycles. The van der Waals surface area contributed by atoms with E-state index in [9.17, 15) is 5.11 Å². The van der Waals surface area contributed by atoms with Gasteiger partial charge in [0.05, 0.1) is 12.7 Å². The Kier molecular flexibility index (Phi) is 9.29. The van der Waals surface area contributed by atoms with Crippen molar-refractivity contribution >= 4 is 0 Å². The monoisotopic (exact) mass is 279 g/mol. The highest BCUT2D eigenvalue weighted by atomic mass is 16.5. The van der Waals surface area contributed by atoms with Crippen molar-refractivity contribution in [2.75, 3.05) is 20.3 Å². The average Bonchev–Trinajstić information content (AvgIpc) is 2.47. The Morgan fingerprint density at radius 3 is 2.55 bits per heavy atom. The van der Waals surface area contributed by atoms with Gasteiger partial charge in [-0.3, -0.25) is 0 Å². The second kappa shape index (κ2) is 10.8. The van der Waals surface area contributed by atoms with E-state index in [4.69, 9.17) is 4.74 Å². The third-order valence-electron chi connectivity index (χ3n) is 3.53. The van der Waals surface area contributed by atoms with E-state index in [1.807, 2.05) is 0 Å². The second-order valence-corrected chi connectivity index (χ2v) is 5.31. The first-order valence-electron chi connectivity index (χ1n) is 7.73. The topological polar surface area (TPSA) is 41.5 Å². The Balaban J connectivity index is 2.42. The first-order chi connectivity index (χ1) is 9.77. The van der Waals surface area contributed by atoms with Gasteiger partial charge in [0, 0.05) is 13.2 Å². The van der Waals surface area contributed by atoms with Crippen LogP contribution in [0.3, 0.4) is 0 Å². The van der Waals surface area contributed by atoms with Crippen LogP contribution >= 0.6 is 0 Å². The number of nitrogens with one attached hydrogen (secondary N) is 1. The molecule has 0 saturated carbocycles. The minimum absolute atomic E-state index is 0.375. The maximum Gasteiger partial charge on any atom is 0.0785 e. The molecule has 114 valence electrons. The lowest BCUT2D eigenvalue weighted by molar-refractivity contribution is 0.0589. The Bertz CT molecular complexity index is 329. The van der Waals surface area contributed by atoms with Crippen molar-refractivity contribution in [1.29, 1.82) is 0 Å². The van der Waals surface area contributed by atoms with Crippen LogP contribution in [0, 0.1) is 0 Å². The maximum absolute atomic E-state index is 9.68. The van der Waals surface area contributed by atoms with Crippen molar-refractivity contribution in [2.45, 2.75) is 51.2 Å². The van der Waals surface area contributed by atoms with E-state index in [-0.39, 0.29) is 6.10 Å². The Morgan fingerprint density at radius 1 is 1.15 bits per heavy atom. The maximum atomic E-state index is 9.68. The fourth-order valence-corrected chi connectivity index (χ4v) is 2.37. The summed E-state index contributed by atoms with van der Waals surface area (Å²) in [6.45, 7) is 3.45. The van der Waals surface area contributed by atoms with Crippen LogP contribution in [0.25, 0.3) is 0 Å². The van der Waals surface area contributed by atoms with Gasteiger partial charge in [-0.05, 0) is 24.9 Å². The molecule has 0 radical (unpaired) electrons. The zero-order valence-electron chi connectivity index (χ0n) is 12.8. The highest BCUT2D eigenvalue weighted by Gasteiger charge is 2.11. The van der Waals surface area contributed by atoms with Crippen LogP contribution in [-0.4, -0.2) is 31.5 Å². The minimum atomic E-state index is -0.375. The minimum Gasteiger partial charge on any atom is -0.391 e. The molecule has 3 nitrogen and oxygen atoms in total. The molecule has 0 bridgehead atoms. The molecule has 0 aliphatic carbocycles. The molecular formula is C17H29NO2. The predicted octanol–water partition coefficient (Wildman–Crippen LogP) is 3.30. The Hall–Kier alpha value is -0.900. The number of aliphatic hydroxyl groups excluding tert-OH is 1. The SMILES string of the molecule is CCCCCC(NCCC(O)COC)c1ccccc1. The van der Waals surface area contributed by atoms with Crippen molar-refractivity contribution in [3.05, 3.63) is 35.9 Å². The molecule has 0 spiro atoms. The lowest BCUT2D eigenvalue weighted by atomic mass is 10.0. The highest BCUT2D eigenvalue weighted by molar-refractivity contribution is 5.18. The van der Waals surface area contributed by atoms with Gasteiger partial charge < -0.3 is 15.2 Å². The van der Waals surface area contributed by atoms with Crippen molar-refractivity contribution in [3.63, 3.8) is 0 Å². The van der Waals surface area contributed by atoms with Gasteiger partial charge in [0.1, 0.15) is 0 Å². The zero-order chi connectivity index (χ0) is 14.6. The molecule has 2 atom stereocenters. The molecule has 1 rings (SSSR count). The summed E-state index contributed by atoms with van der Waals surface area (Å²) in [7, 11) is 1.62. The number of aliphatic hydroxyl groups is 1. The van der Waals surface area contributed by atoms with Crippen molar-refractivity contribution in [1.82, 2.24) is 5.32 Å². The summed E-state index contributed by atoms with van der Waals surface area (Å²) in [5.41, 5.74) is 1.34. The van der Waals surface area contributed by atoms with Crippen molar-refractivity contribution < 1.29 is 9.84 Å². The number of rotatable bonds is 11. The standard InChI is InChI=1S/C17H29NO2/c1-3-4-6-11-17(15-9-7-5-8-10-15)18-13-12-16(19)14-20-2/h5,7-10,16-19H,3-4,6,11-14H2,1-2H3. The van der Waals surface area contributed by atoms with Gasteiger partial charge in [-0.15, -0.1) is 0 Å². The van der Waals surface area contributed by atoms with Gasteiger partial charge in [-0.1, -0.05) is 56.5 Å². The molecule has 3 heteroatoms. The van der Waals surface area contributed by atoms with Gasteiger partial charge in [0.2, 0.25) is 0 Å². The quantitative estimate of drug-likeness (QED) is 0.611. The number of benzene rings is 1. The molecule has 2 N–H and O–H groups in total. The molecular weight excluding hydrogens is 250 g/mol. The van der Waals surface area contributed by atoms with Crippen LogP contribution in [0.1, 0.15) is 50.6 Å². The van der Waals surface area contributed by atoms with Crippen LogP contribution in [0.4, 0.5) is 0 Å². The molecule has 0 aromatic heterocycles. The third-order valence-corrected chi connectivity index (χ3v) is 3.53. The summed E-state index contributed by atoms with van der Waals surface area (Å²) in [6.07, 6.45) is 5.26. The van der Waals surface area contributed by atoms with Gasteiger partial charge >= 0.3 is 0 Å². The summed E-state index contributed by atoms with van der Waals surface area (Å²) in [4.78, 5) is 0. The number of hydrogen-bond acceptors (Lipinski definition) is 3. The Labute approximate surface area is 123 Å². The number of unbranched alkanes of at least 4 members (excludes halogenated alkanes) is 2. The molecule has 2 unspecified atom stereocenters. The summed E-state index contributed by atoms with van der Waals surface area (Å²) in [5.74, 6) is 0. The molecule has 1 aromatic rings. The smallest absolute Gasteiger partial charge is 0.0785 e. The summed E-state index contributed by atoms with van der Waals surface area (Å²) in [6, 6.07) is 11.0. The van der Waals surface area contributed by atoms with E-state index in [1.165, 1.54) is 24.8 Å². The summed E-state index contributed by atoms with van der Waals surface area (Å²) < 4.78 is 4.95. The first kappa shape index (κ1) is 17.2. The lowest BCUT2D eigenvalue weighted by Crippen LogP contribution is -2.27. The highest BCUT2D eigenvalue weighted by Crippen LogP contribution is 2.19. The fraction of sp³-hybridized carbons (Fsp3) is 0.647. The van der Waals surface area contributed by atoms with E-state index in [0.717, 1.165) is 19.4 Å². The predicted molar refractivity (Wildman–Crippen MR) is 83.8 cm³/mol. The van der Waals surface area contributed by atoms with Gasteiger partial charge in [0.15, 0.2) is 0 Å². The largest absolute Gasteiger partial charge is 0.391 e. The zero-order valence-corrected chi connectivity index (χ0v) is 12.8. The normalized spacial score (nSPS) is 14.2. The first-order valence-corrected chi connectivity index (χ1v) is 7.73. The average molecular weight is 279 g/mol. The molecule has 0 saturated heterocycles. The molecule has 0 fully saturated rings. The van der Waals surface area contributed by atoms with Crippen molar-refractivity contribution in [2.24, 2.45) is 0 Å². The van der Waals surface area contributed by atoms with Crippen LogP contribution in [0.5, 0.6) is 0 Å². The van der Waals surface area contributed by atoms with Crippen LogP contribution in [0.15, 0.2) is 30.3 Å². The van der Waals surface area contributed by atoms with E-state index in [1.54, 1.807) is 7.11 Å². The van der Waals surface area contributed by atoms with Gasteiger partial charge in [-0.2, -0.15) is 0 Å². The molecule has 0 amide bonds. The third kappa shape index (κ3) is 7.04.